The number of ether oxygens (including phenoxy) is 1. The number of hydrogen-bond acceptors (Lipinski definition) is 3. The van der Waals surface area contributed by atoms with Crippen LogP contribution in [0.15, 0.2) is 48.5 Å². The van der Waals surface area contributed by atoms with Crippen LogP contribution in [-0.2, 0) is 17.9 Å². The van der Waals surface area contributed by atoms with Gasteiger partial charge in [-0.3, -0.25) is 4.79 Å². The van der Waals surface area contributed by atoms with Crippen molar-refractivity contribution < 1.29 is 14.6 Å². The van der Waals surface area contributed by atoms with E-state index in [-0.39, 0.29) is 19.1 Å². The third-order valence-electron chi connectivity index (χ3n) is 2.89. The molecule has 0 saturated carbocycles. The number of para-hydroxylation sites is 1. The summed E-state index contributed by atoms with van der Waals surface area (Å²) in [7, 11) is 0. The van der Waals surface area contributed by atoms with Gasteiger partial charge >= 0.3 is 0 Å². The van der Waals surface area contributed by atoms with Crippen LogP contribution in [0.2, 0.25) is 5.02 Å². The Morgan fingerprint density at radius 2 is 1.76 bits per heavy atom. The summed E-state index contributed by atoms with van der Waals surface area (Å²) in [6, 6.07) is 14.4. The van der Waals surface area contributed by atoms with Gasteiger partial charge in [0, 0.05) is 6.54 Å². The fraction of sp³-hybridized carbons (Fsp3) is 0.188. The number of amides is 1. The summed E-state index contributed by atoms with van der Waals surface area (Å²) < 4.78 is 5.35. The highest BCUT2D eigenvalue weighted by atomic mass is 35.5. The second-order valence-corrected chi connectivity index (χ2v) is 4.88. The van der Waals surface area contributed by atoms with E-state index in [9.17, 15) is 4.79 Å². The lowest BCUT2D eigenvalue weighted by Gasteiger charge is -2.09. The van der Waals surface area contributed by atoms with Gasteiger partial charge in [-0.05, 0) is 23.3 Å². The van der Waals surface area contributed by atoms with Crippen molar-refractivity contribution in [2.24, 2.45) is 0 Å². The van der Waals surface area contributed by atoms with Crippen LogP contribution in [0.1, 0.15) is 11.1 Å². The molecule has 0 spiro atoms. The number of halogens is 1. The average molecular weight is 306 g/mol. The number of carbonyl (C=O) groups is 1. The van der Waals surface area contributed by atoms with E-state index < -0.39 is 0 Å². The quantitative estimate of drug-likeness (QED) is 0.862. The van der Waals surface area contributed by atoms with Crippen molar-refractivity contribution >= 4 is 17.5 Å². The van der Waals surface area contributed by atoms with Gasteiger partial charge in [-0.25, -0.2) is 0 Å². The number of nitrogens with one attached hydrogen (secondary N) is 1. The Morgan fingerprint density at radius 3 is 2.43 bits per heavy atom. The zero-order valence-electron chi connectivity index (χ0n) is 11.4. The fourth-order valence-corrected chi connectivity index (χ4v) is 1.91. The third-order valence-corrected chi connectivity index (χ3v) is 3.20. The van der Waals surface area contributed by atoms with E-state index in [4.69, 9.17) is 21.4 Å². The molecule has 1 amide bonds. The molecule has 4 nitrogen and oxygen atoms in total. The second-order valence-electron chi connectivity index (χ2n) is 4.47. The van der Waals surface area contributed by atoms with Crippen LogP contribution < -0.4 is 10.1 Å². The molecule has 0 fully saturated rings. The lowest BCUT2D eigenvalue weighted by Crippen LogP contribution is -2.28. The molecule has 0 bridgehead atoms. The van der Waals surface area contributed by atoms with E-state index in [1.54, 1.807) is 24.3 Å². The Balaban J connectivity index is 1.78. The van der Waals surface area contributed by atoms with Gasteiger partial charge in [0.2, 0.25) is 0 Å². The van der Waals surface area contributed by atoms with Crippen molar-refractivity contribution in [2.75, 3.05) is 6.61 Å². The molecule has 0 aliphatic heterocycles. The van der Waals surface area contributed by atoms with Gasteiger partial charge in [-0.15, -0.1) is 0 Å². The molecule has 110 valence electrons. The Kier molecular flexibility index (Phi) is 5.60. The van der Waals surface area contributed by atoms with Gasteiger partial charge < -0.3 is 15.2 Å². The highest BCUT2D eigenvalue weighted by Gasteiger charge is 2.05. The molecule has 2 N–H and O–H groups in total. The largest absolute Gasteiger partial charge is 0.482 e. The first-order chi connectivity index (χ1) is 10.2. The molecule has 0 aliphatic carbocycles. The summed E-state index contributed by atoms with van der Waals surface area (Å²) in [5, 5.41) is 12.2. The fourth-order valence-electron chi connectivity index (χ4n) is 1.72. The lowest BCUT2D eigenvalue weighted by molar-refractivity contribution is -0.123. The molecule has 2 aromatic carbocycles. The first kappa shape index (κ1) is 15.4. The summed E-state index contributed by atoms with van der Waals surface area (Å²) in [6.07, 6.45) is 0. The predicted octanol–water partition coefficient (Wildman–Crippen LogP) is 2.53. The van der Waals surface area contributed by atoms with Crippen molar-refractivity contribution in [1.29, 1.82) is 0 Å². The summed E-state index contributed by atoms with van der Waals surface area (Å²) in [5.74, 6) is 0.266. The smallest absolute Gasteiger partial charge is 0.258 e. The van der Waals surface area contributed by atoms with Crippen molar-refractivity contribution in [3.63, 3.8) is 0 Å². The molecular formula is C16H16ClNO3. The molecule has 21 heavy (non-hydrogen) atoms. The van der Waals surface area contributed by atoms with E-state index in [1.807, 2.05) is 24.3 Å². The minimum Gasteiger partial charge on any atom is -0.482 e. The molecule has 0 aromatic heterocycles. The molecule has 0 unspecified atom stereocenters. The molecule has 0 atom stereocenters. The average Bonchev–Trinajstić information content (AvgIpc) is 2.52. The number of rotatable bonds is 6. The van der Waals surface area contributed by atoms with Crippen molar-refractivity contribution in [3.8, 4) is 5.75 Å². The van der Waals surface area contributed by atoms with Crippen LogP contribution in [0, 0.1) is 0 Å². The van der Waals surface area contributed by atoms with Crippen LogP contribution in [0.3, 0.4) is 0 Å². The highest BCUT2D eigenvalue weighted by molar-refractivity contribution is 6.32. The molecule has 2 rings (SSSR count). The number of benzene rings is 2. The van der Waals surface area contributed by atoms with E-state index in [1.165, 1.54) is 0 Å². The summed E-state index contributed by atoms with van der Waals surface area (Å²) in [5.41, 5.74) is 1.80. The first-order valence-corrected chi connectivity index (χ1v) is 6.89. The number of hydrogen-bond donors (Lipinski definition) is 2. The lowest BCUT2D eigenvalue weighted by atomic mass is 10.1. The zero-order valence-corrected chi connectivity index (χ0v) is 12.1. The number of aliphatic hydroxyl groups is 1. The zero-order chi connectivity index (χ0) is 15.1. The molecular weight excluding hydrogens is 290 g/mol. The van der Waals surface area contributed by atoms with Gasteiger partial charge in [-0.1, -0.05) is 48.0 Å². The second kappa shape index (κ2) is 7.67. The maximum Gasteiger partial charge on any atom is 0.258 e. The SMILES string of the molecule is O=C(COc1ccccc1Cl)NCc1ccc(CO)cc1. The van der Waals surface area contributed by atoms with Crippen molar-refractivity contribution in [1.82, 2.24) is 5.32 Å². The molecule has 0 saturated heterocycles. The monoisotopic (exact) mass is 305 g/mol. The molecule has 5 heteroatoms. The van der Waals surface area contributed by atoms with Crippen LogP contribution in [0.4, 0.5) is 0 Å². The summed E-state index contributed by atoms with van der Waals surface area (Å²) >= 11 is 5.93. The third kappa shape index (κ3) is 4.77. The molecule has 0 radical (unpaired) electrons. The maximum absolute atomic E-state index is 11.7. The van der Waals surface area contributed by atoms with Crippen LogP contribution in [0.5, 0.6) is 5.75 Å². The number of aliphatic hydroxyl groups excluding tert-OH is 1. The maximum atomic E-state index is 11.7. The molecule has 2 aromatic rings. The standard InChI is InChI=1S/C16H16ClNO3/c17-14-3-1-2-4-15(14)21-11-16(20)18-9-12-5-7-13(10-19)8-6-12/h1-8,19H,9-11H2,(H,18,20). The Bertz CT molecular complexity index is 599. The Morgan fingerprint density at radius 1 is 1.10 bits per heavy atom. The minimum atomic E-state index is -0.221. The van der Waals surface area contributed by atoms with Gasteiger partial charge in [-0.2, -0.15) is 0 Å². The predicted molar refractivity (Wildman–Crippen MR) is 81.2 cm³/mol. The van der Waals surface area contributed by atoms with E-state index in [2.05, 4.69) is 5.32 Å². The van der Waals surface area contributed by atoms with Crippen LogP contribution >= 0.6 is 11.6 Å². The topological polar surface area (TPSA) is 58.6 Å². The van der Waals surface area contributed by atoms with Crippen molar-refractivity contribution in [2.45, 2.75) is 13.2 Å². The van der Waals surface area contributed by atoms with E-state index >= 15 is 0 Å². The van der Waals surface area contributed by atoms with Gasteiger partial charge in [0.25, 0.3) is 5.91 Å². The highest BCUT2D eigenvalue weighted by Crippen LogP contribution is 2.22. The van der Waals surface area contributed by atoms with Gasteiger partial charge in [0.15, 0.2) is 6.61 Å². The Labute approximate surface area is 128 Å². The Hall–Kier alpha value is -2.04. The van der Waals surface area contributed by atoms with E-state index in [0.29, 0.717) is 17.3 Å². The molecule has 0 aliphatic rings. The number of carbonyl (C=O) groups excluding carboxylic acids is 1. The first-order valence-electron chi connectivity index (χ1n) is 6.52. The van der Waals surface area contributed by atoms with Gasteiger partial charge in [0.05, 0.1) is 11.6 Å². The van der Waals surface area contributed by atoms with Crippen LogP contribution in [0.25, 0.3) is 0 Å². The van der Waals surface area contributed by atoms with Crippen LogP contribution in [-0.4, -0.2) is 17.6 Å². The summed E-state index contributed by atoms with van der Waals surface area (Å²) in [4.78, 5) is 11.7. The normalized spacial score (nSPS) is 10.2. The van der Waals surface area contributed by atoms with Gasteiger partial charge in [0.1, 0.15) is 5.75 Å². The molecule has 0 heterocycles. The van der Waals surface area contributed by atoms with E-state index in [0.717, 1.165) is 11.1 Å². The minimum absolute atomic E-state index is 0.0122. The van der Waals surface area contributed by atoms with Crippen molar-refractivity contribution in [3.05, 3.63) is 64.7 Å². The summed E-state index contributed by atoms with van der Waals surface area (Å²) in [6.45, 7) is 0.340.